The van der Waals surface area contributed by atoms with Gasteiger partial charge in [-0.1, -0.05) is 19.9 Å². The number of amides is 1. The Kier molecular flexibility index (Phi) is 8.01. The lowest BCUT2D eigenvalue weighted by Crippen LogP contribution is -2.47. The van der Waals surface area contributed by atoms with E-state index in [0.717, 1.165) is 18.7 Å². The number of halogens is 7. The minimum absolute atomic E-state index is 0.0112. The van der Waals surface area contributed by atoms with E-state index in [0.29, 0.717) is 19.2 Å². The summed E-state index contributed by atoms with van der Waals surface area (Å²) >= 11 is 0. The van der Waals surface area contributed by atoms with Gasteiger partial charge in [-0.15, -0.1) is 0 Å². The van der Waals surface area contributed by atoms with Gasteiger partial charge in [0.25, 0.3) is 5.91 Å². The maximum atomic E-state index is 14.1. The molecule has 2 rings (SSSR count). The highest BCUT2D eigenvalue weighted by Crippen LogP contribution is 2.32. The molecule has 0 bridgehead atoms. The smallest absolute Gasteiger partial charge is 0.475 e. The van der Waals surface area contributed by atoms with Crippen molar-refractivity contribution in [3.8, 4) is 0 Å². The number of rotatable bonds is 4. The molecule has 12 heteroatoms. The molecule has 0 spiro atoms. The average molecular weight is 432 g/mol. The summed E-state index contributed by atoms with van der Waals surface area (Å²) in [5, 5.41) is 9.38. The molecule has 1 heterocycles. The molecule has 0 aromatic heterocycles. The molecule has 29 heavy (non-hydrogen) atoms. The molecule has 1 amide bonds. The number of alkyl halides is 5. The topological polar surface area (TPSA) is 69.6 Å². The zero-order valence-corrected chi connectivity index (χ0v) is 15.4. The standard InChI is InChI=1S/C15H18F4N2O.C2HF3O2/c1-3-21-7-9(2)12(8-21)20-14(22)15(18,19)10-5-4-6-11(16)13(10)17;3-2(4,5)1(6)7/h4-6,9,12H,3,7-8H2,1-2H3,(H,20,22);(H,6,7). The largest absolute Gasteiger partial charge is 0.490 e. The van der Waals surface area contributed by atoms with Gasteiger partial charge < -0.3 is 15.3 Å². The van der Waals surface area contributed by atoms with Crippen LogP contribution in [0.3, 0.4) is 0 Å². The second-order valence-corrected chi connectivity index (χ2v) is 6.39. The first-order chi connectivity index (χ1) is 13.2. The Labute approximate surface area is 161 Å². The lowest BCUT2D eigenvalue weighted by molar-refractivity contribution is -0.192. The van der Waals surface area contributed by atoms with E-state index in [9.17, 15) is 35.5 Å². The summed E-state index contributed by atoms with van der Waals surface area (Å²) in [5.74, 6) is -11.6. The summed E-state index contributed by atoms with van der Waals surface area (Å²) in [4.78, 5) is 22.8. The Balaban J connectivity index is 0.000000516. The molecular formula is C17H19F7N2O3. The molecule has 0 aliphatic carbocycles. The zero-order chi connectivity index (χ0) is 22.6. The van der Waals surface area contributed by atoms with Gasteiger partial charge in [0.2, 0.25) is 0 Å². The zero-order valence-electron chi connectivity index (χ0n) is 15.4. The number of hydrogen-bond donors (Lipinski definition) is 2. The number of hydrogen-bond acceptors (Lipinski definition) is 3. The number of nitrogens with one attached hydrogen (secondary N) is 1. The Morgan fingerprint density at radius 1 is 1.17 bits per heavy atom. The third-order valence-corrected chi connectivity index (χ3v) is 4.27. The Morgan fingerprint density at radius 2 is 1.72 bits per heavy atom. The van der Waals surface area contributed by atoms with Crippen molar-refractivity contribution in [2.45, 2.75) is 32.0 Å². The molecule has 1 fully saturated rings. The fourth-order valence-electron chi connectivity index (χ4n) is 2.64. The van der Waals surface area contributed by atoms with E-state index in [4.69, 9.17) is 9.90 Å². The van der Waals surface area contributed by atoms with Gasteiger partial charge in [0.05, 0.1) is 5.56 Å². The molecule has 1 aromatic rings. The fourth-order valence-corrected chi connectivity index (χ4v) is 2.64. The first-order valence-corrected chi connectivity index (χ1v) is 8.37. The van der Waals surface area contributed by atoms with Crippen LogP contribution in [0.2, 0.25) is 0 Å². The van der Waals surface area contributed by atoms with Crippen LogP contribution in [0.15, 0.2) is 18.2 Å². The van der Waals surface area contributed by atoms with Gasteiger partial charge in [0, 0.05) is 19.1 Å². The van der Waals surface area contributed by atoms with Crippen molar-refractivity contribution in [2.75, 3.05) is 19.6 Å². The van der Waals surface area contributed by atoms with Crippen LogP contribution >= 0.6 is 0 Å². The maximum absolute atomic E-state index is 14.1. The number of carbonyl (C=O) groups is 2. The molecule has 2 N–H and O–H groups in total. The van der Waals surface area contributed by atoms with Gasteiger partial charge in [-0.2, -0.15) is 22.0 Å². The number of nitrogens with zero attached hydrogens (tertiary/aromatic N) is 1. The number of carboxylic acids is 1. The van der Waals surface area contributed by atoms with Crippen LogP contribution in [0.5, 0.6) is 0 Å². The van der Waals surface area contributed by atoms with Crippen molar-refractivity contribution in [3.63, 3.8) is 0 Å². The minimum atomic E-state index is -5.08. The van der Waals surface area contributed by atoms with Crippen LogP contribution in [0.4, 0.5) is 30.7 Å². The van der Waals surface area contributed by atoms with E-state index >= 15 is 0 Å². The van der Waals surface area contributed by atoms with Crippen molar-refractivity contribution < 1.29 is 45.4 Å². The molecule has 2 unspecified atom stereocenters. The summed E-state index contributed by atoms with van der Waals surface area (Å²) in [7, 11) is 0. The molecule has 5 nitrogen and oxygen atoms in total. The number of carbonyl (C=O) groups excluding carboxylic acids is 1. The van der Waals surface area contributed by atoms with Crippen LogP contribution in [0, 0.1) is 17.6 Å². The quantitative estimate of drug-likeness (QED) is 0.718. The predicted molar refractivity (Wildman–Crippen MR) is 87.2 cm³/mol. The Morgan fingerprint density at radius 3 is 2.17 bits per heavy atom. The Hall–Kier alpha value is -2.37. The summed E-state index contributed by atoms with van der Waals surface area (Å²) < 4.78 is 86.6. The van der Waals surface area contributed by atoms with Gasteiger partial charge in [0.1, 0.15) is 0 Å². The number of likely N-dealkylation sites (N-methyl/N-ethyl adjacent to an activating group) is 1. The highest BCUT2D eigenvalue weighted by Gasteiger charge is 2.45. The SMILES string of the molecule is CCN1CC(C)C(NC(=O)C(F)(F)c2cccc(F)c2F)C1.O=C(O)C(F)(F)F. The molecule has 1 aliphatic heterocycles. The molecule has 0 saturated carbocycles. The average Bonchev–Trinajstić information content (AvgIpc) is 2.96. The minimum Gasteiger partial charge on any atom is -0.475 e. The highest BCUT2D eigenvalue weighted by atomic mass is 19.4. The molecule has 1 aromatic carbocycles. The summed E-state index contributed by atoms with van der Waals surface area (Å²) in [6.45, 7) is 5.70. The normalized spacial score (nSPS) is 20.0. The predicted octanol–water partition coefficient (Wildman–Crippen LogP) is 3.15. The maximum Gasteiger partial charge on any atom is 0.490 e. The van der Waals surface area contributed by atoms with Gasteiger partial charge in [-0.05, 0) is 24.6 Å². The molecular weight excluding hydrogens is 413 g/mol. The van der Waals surface area contributed by atoms with E-state index in [1.165, 1.54) is 0 Å². The summed E-state index contributed by atoms with van der Waals surface area (Å²) in [6, 6.07) is 1.96. The summed E-state index contributed by atoms with van der Waals surface area (Å²) in [6.07, 6.45) is -5.08. The van der Waals surface area contributed by atoms with Gasteiger partial charge in [0.15, 0.2) is 11.6 Å². The third kappa shape index (κ3) is 6.31. The van der Waals surface area contributed by atoms with Crippen LogP contribution in [0.25, 0.3) is 0 Å². The Bertz CT molecular complexity index is 740. The van der Waals surface area contributed by atoms with Crippen LogP contribution < -0.4 is 5.32 Å². The first kappa shape index (κ1) is 24.7. The highest BCUT2D eigenvalue weighted by molar-refractivity contribution is 5.85. The molecule has 0 radical (unpaired) electrons. The molecule has 2 atom stereocenters. The van der Waals surface area contributed by atoms with E-state index in [1.54, 1.807) is 0 Å². The lowest BCUT2D eigenvalue weighted by atomic mass is 10.0. The molecule has 1 saturated heterocycles. The molecule has 164 valence electrons. The second-order valence-electron chi connectivity index (χ2n) is 6.39. The van der Waals surface area contributed by atoms with Crippen molar-refractivity contribution in [1.82, 2.24) is 10.2 Å². The van der Waals surface area contributed by atoms with Crippen LogP contribution in [0.1, 0.15) is 19.4 Å². The number of benzene rings is 1. The van der Waals surface area contributed by atoms with E-state index in [1.807, 2.05) is 18.7 Å². The van der Waals surface area contributed by atoms with Crippen molar-refractivity contribution in [2.24, 2.45) is 5.92 Å². The summed E-state index contributed by atoms with van der Waals surface area (Å²) in [5.41, 5.74) is -1.25. The number of carboxylic acid groups (broad SMARTS) is 1. The van der Waals surface area contributed by atoms with Crippen molar-refractivity contribution >= 4 is 11.9 Å². The lowest BCUT2D eigenvalue weighted by Gasteiger charge is -2.22. The van der Waals surface area contributed by atoms with Crippen molar-refractivity contribution in [1.29, 1.82) is 0 Å². The van der Waals surface area contributed by atoms with Crippen LogP contribution in [-0.4, -0.2) is 53.7 Å². The second kappa shape index (κ2) is 9.42. The van der Waals surface area contributed by atoms with E-state index in [-0.39, 0.29) is 5.92 Å². The monoisotopic (exact) mass is 432 g/mol. The van der Waals surface area contributed by atoms with E-state index < -0.39 is 47.2 Å². The number of likely N-dealkylation sites (tertiary alicyclic amines) is 1. The van der Waals surface area contributed by atoms with Gasteiger partial charge >= 0.3 is 18.1 Å². The van der Waals surface area contributed by atoms with Gasteiger partial charge in [-0.25, -0.2) is 13.6 Å². The van der Waals surface area contributed by atoms with Crippen molar-refractivity contribution in [3.05, 3.63) is 35.4 Å². The first-order valence-electron chi connectivity index (χ1n) is 8.37. The van der Waals surface area contributed by atoms with Gasteiger partial charge in [-0.3, -0.25) is 4.79 Å². The van der Waals surface area contributed by atoms with E-state index in [2.05, 4.69) is 5.32 Å². The molecule has 1 aliphatic rings. The number of aliphatic carboxylic acids is 1. The fraction of sp³-hybridized carbons (Fsp3) is 0.529. The third-order valence-electron chi connectivity index (χ3n) is 4.27. The van der Waals surface area contributed by atoms with Crippen LogP contribution in [-0.2, 0) is 15.5 Å².